The maximum atomic E-state index is 12.4. The normalized spacial score (nSPS) is 14.3. The highest BCUT2D eigenvalue weighted by Gasteiger charge is 2.34. The highest BCUT2D eigenvalue weighted by atomic mass is 79.9. The van der Waals surface area contributed by atoms with Crippen molar-refractivity contribution >= 4 is 21.9 Å². The number of aryl methyl sites for hydroxylation is 1. The quantitative estimate of drug-likeness (QED) is 0.328. The third-order valence-corrected chi connectivity index (χ3v) is 4.55. The van der Waals surface area contributed by atoms with Gasteiger partial charge in [0.1, 0.15) is 10.2 Å². The Morgan fingerprint density at radius 3 is 2.43 bits per heavy atom. The average molecular weight is 384 g/mol. The minimum absolute atomic E-state index is 0.0684. The Labute approximate surface area is 149 Å². The Morgan fingerprint density at radius 2 is 1.87 bits per heavy atom. The summed E-state index contributed by atoms with van der Waals surface area (Å²) in [5.74, 6) is -0.0684. The Morgan fingerprint density at radius 1 is 1.17 bits per heavy atom. The number of hydrogen-bond donors (Lipinski definition) is 0. The molecular formula is C19H30BrNO2. The van der Waals surface area contributed by atoms with Gasteiger partial charge in [-0.2, -0.15) is 0 Å². The molecule has 0 amide bonds. The lowest BCUT2D eigenvalue weighted by molar-refractivity contribution is -0.167. The van der Waals surface area contributed by atoms with E-state index in [1.54, 1.807) is 0 Å². The summed E-state index contributed by atoms with van der Waals surface area (Å²) < 4.78 is 6.47. The molecule has 130 valence electrons. The highest BCUT2D eigenvalue weighted by Crippen LogP contribution is 2.32. The second kappa shape index (κ2) is 8.81. The van der Waals surface area contributed by atoms with Crippen molar-refractivity contribution in [1.29, 1.82) is 0 Å². The fourth-order valence-electron chi connectivity index (χ4n) is 2.41. The van der Waals surface area contributed by atoms with Crippen molar-refractivity contribution < 1.29 is 9.53 Å². The SMILES string of the molecule is CCC(C)(CCCCCc1cccc(Br)n1)C(=O)OC(C)(C)C. The number of pyridine rings is 1. The molecule has 0 bridgehead atoms. The lowest BCUT2D eigenvalue weighted by Gasteiger charge is -2.30. The van der Waals surface area contributed by atoms with Crippen LogP contribution in [0.5, 0.6) is 0 Å². The van der Waals surface area contributed by atoms with Gasteiger partial charge in [0.15, 0.2) is 0 Å². The zero-order chi connectivity index (χ0) is 17.5. The summed E-state index contributed by atoms with van der Waals surface area (Å²) in [6.45, 7) is 9.86. The maximum Gasteiger partial charge on any atom is 0.312 e. The first-order chi connectivity index (χ1) is 10.7. The number of rotatable bonds is 8. The Balaban J connectivity index is 2.38. The van der Waals surface area contributed by atoms with Crippen molar-refractivity contribution in [3.8, 4) is 0 Å². The molecule has 0 saturated heterocycles. The van der Waals surface area contributed by atoms with Crippen LogP contribution in [-0.4, -0.2) is 16.6 Å². The first kappa shape index (κ1) is 20.1. The van der Waals surface area contributed by atoms with Crippen LogP contribution in [0.3, 0.4) is 0 Å². The van der Waals surface area contributed by atoms with Gasteiger partial charge < -0.3 is 4.74 Å². The number of hydrogen-bond acceptors (Lipinski definition) is 3. The minimum atomic E-state index is -0.417. The largest absolute Gasteiger partial charge is 0.460 e. The molecule has 0 N–H and O–H groups in total. The van der Waals surface area contributed by atoms with Crippen LogP contribution in [0.1, 0.15) is 72.4 Å². The summed E-state index contributed by atoms with van der Waals surface area (Å²) in [7, 11) is 0. The predicted octanol–water partition coefficient (Wildman–Crippen LogP) is 5.71. The Hall–Kier alpha value is -0.900. The second-order valence-corrected chi connectivity index (χ2v) is 8.24. The monoisotopic (exact) mass is 383 g/mol. The van der Waals surface area contributed by atoms with Gasteiger partial charge in [-0.1, -0.05) is 25.8 Å². The Bertz CT molecular complexity index is 510. The van der Waals surface area contributed by atoms with Gasteiger partial charge in [0, 0.05) is 5.69 Å². The number of esters is 1. The van der Waals surface area contributed by atoms with Gasteiger partial charge in [-0.15, -0.1) is 0 Å². The highest BCUT2D eigenvalue weighted by molar-refractivity contribution is 9.10. The van der Waals surface area contributed by atoms with Crippen LogP contribution in [0.2, 0.25) is 0 Å². The van der Waals surface area contributed by atoms with Crippen LogP contribution in [0.4, 0.5) is 0 Å². The van der Waals surface area contributed by atoms with Gasteiger partial charge >= 0.3 is 5.97 Å². The van der Waals surface area contributed by atoms with Crippen LogP contribution in [-0.2, 0) is 16.0 Å². The number of carbonyl (C=O) groups is 1. The summed E-state index contributed by atoms with van der Waals surface area (Å²) in [6.07, 6.45) is 5.91. The van der Waals surface area contributed by atoms with Crippen LogP contribution >= 0.6 is 15.9 Å². The van der Waals surface area contributed by atoms with Crippen molar-refractivity contribution in [1.82, 2.24) is 4.98 Å². The first-order valence-corrected chi connectivity index (χ1v) is 9.30. The summed E-state index contributed by atoms with van der Waals surface area (Å²) in [4.78, 5) is 16.8. The lowest BCUT2D eigenvalue weighted by atomic mass is 9.82. The number of halogens is 1. The molecule has 0 radical (unpaired) electrons. The molecule has 0 aliphatic carbocycles. The molecule has 0 saturated carbocycles. The Kier molecular flexibility index (Phi) is 7.72. The standard InChI is InChI=1S/C19H30BrNO2/c1-6-19(5,17(22)23-18(2,3)4)14-9-7-8-11-15-12-10-13-16(20)21-15/h10,12-13H,6-9,11,14H2,1-5H3. The molecule has 23 heavy (non-hydrogen) atoms. The van der Waals surface area contributed by atoms with E-state index < -0.39 is 5.60 Å². The summed E-state index contributed by atoms with van der Waals surface area (Å²) >= 11 is 3.40. The smallest absolute Gasteiger partial charge is 0.312 e. The molecule has 3 nitrogen and oxygen atoms in total. The van der Waals surface area contributed by atoms with E-state index >= 15 is 0 Å². The molecule has 1 heterocycles. The van der Waals surface area contributed by atoms with Crippen molar-refractivity contribution in [2.75, 3.05) is 0 Å². The van der Waals surface area contributed by atoms with Crippen LogP contribution in [0.15, 0.2) is 22.8 Å². The van der Waals surface area contributed by atoms with E-state index in [-0.39, 0.29) is 11.4 Å². The van der Waals surface area contributed by atoms with Gasteiger partial charge in [0.05, 0.1) is 5.41 Å². The average Bonchev–Trinajstić information content (AvgIpc) is 2.45. The van der Waals surface area contributed by atoms with E-state index in [0.29, 0.717) is 0 Å². The van der Waals surface area contributed by atoms with Gasteiger partial charge in [-0.05, 0) is 81.4 Å². The lowest BCUT2D eigenvalue weighted by Crippen LogP contribution is -2.35. The molecule has 1 atom stereocenters. The van der Waals surface area contributed by atoms with Gasteiger partial charge in [-0.3, -0.25) is 4.79 Å². The number of aromatic nitrogens is 1. The van der Waals surface area contributed by atoms with E-state index in [1.807, 2.05) is 39.8 Å². The second-order valence-electron chi connectivity index (χ2n) is 7.43. The number of nitrogens with zero attached hydrogens (tertiary/aromatic N) is 1. The van der Waals surface area contributed by atoms with Gasteiger partial charge in [0.2, 0.25) is 0 Å². The summed E-state index contributed by atoms with van der Waals surface area (Å²) in [5.41, 5.74) is 0.325. The third-order valence-electron chi connectivity index (χ3n) is 4.11. The third kappa shape index (κ3) is 7.47. The minimum Gasteiger partial charge on any atom is -0.460 e. The molecule has 0 spiro atoms. The molecule has 0 aliphatic heterocycles. The predicted molar refractivity (Wildman–Crippen MR) is 98.4 cm³/mol. The molecule has 4 heteroatoms. The molecule has 0 aromatic carbocycles. The molecular weight excluding hydrogens is 354 g/mol. The number of carbonyl (C=O) groups excluding carboxylic acids is 1. The van der Waals surface area contributed by atoms with E-state index in [2.05, 4.69) is 33.9 Å². The molecule has 1 aromatic heterocycles. The van der Waals surface area contributed by atoms with E-state index in [0.717, 1.165) is 48.8 Å². The first-order valence-electron chi connectivity index (χ1n) is 8.51. The van der Waals surface area contributed by atoms with Crippen molar-refractivity contribution in [3.05, 3.63) is 28.5 Å². The molecule has 0 aliphatic rings. The fraction of sp³-hybridized carbons (Fsp3) is 0.684. The van der Waals surface area contributed by atoms with Crippen molar-refractivity contribution in [2.24, 2.45) is 5.41 Å². The number of ether oxygens (including phenoxy) is 1. The molecule has 1 aromatic rings. The van der Waals surface area contributed by atoms with Crippen LogP contribution < -0.4 is 0 Å². The van der Waals surface area contributed by atoms with Crippen molar-refractivity contribution in [3.63, 3.8) is 0 Å². The zero-order valence-electron chi connectivity index (χ0n) is 15.1. The van der Waals surface area contributed by atoms with Gasteiger partial charge in [0.25, 0.3) is 0 Å². The van der Waals surface area contributed by atoms with Crippen molar-refractivity contribution in [2.45, 2.75) is 78.7 Å². The molecule has 0 fully saturated rings. The molecule has 1 rings (SSSR count). The van der Waals surface area contributed by atoms with E-state index in [1.165, 1.54) is 0 Å². The summed E-state index contributed by atoms with van der Waals surface area (Å²) in [5, 5.41) is 0. The van der Waals surface area contributed by atoms with Gasteiger partial charge in [-0.25, -0.2) is 4.98 Å². The van der Waals surface area contributed by atoms with E-state index in [9.17, 15) is 4.79 Å². The van der Waals surface area contributed by atoms with Crippen LogP contribution in [0.25, 0.3) is 0 Å². The summed E-state index contributed by atoms with van der Waals surface area (Å²) in [6, 6.07) is 6.02. The zero-order valence-corrected chi connectivity index (χ0v) is 16.7. The maximum absolute atomic E-state index is 12.4. The topological polar surface area (TPSA) is 39.2 Å². The van der Waals surface area contributed by atoms with E-state index in [4.69, 9.17) is 4.74 Å². The molecule has 1 unspecified atom stereocenters. The van der Waals surface area contributed by atoms with Crippen LogP contribution in [0, 0.1) is 5.41 Å². The fourth-order valence-corrected chi connectivity index (χ4v) is 2.79. The number of unbranched alkanes of at least 4 members (excludes halogenated alkanes) is 2.